The van der Waals surface area contributed by atoms with E-state index in [2.05, 4.69) is 22.0 Å². The van der Waals surface area contributed by atoms with Gasteiger partial charge in [0.05, 0.1) is 5.56 Å². The van der Waals surface area contributed by atoms with Crippen LogP contribution in [0.5, 0.6) is 0 Å². The Hall–Kier alpha value is -1.35. The summed E-state index contributed by atoms with van der Waals surface area (Å²) in [6.45, 7) is 8.19. The second kappa shape index (κ2) is 5.96. The molecule has 2 aromatic carbocycles. The highest BCUT2D eigenvalue weighted by Gasteiger charge is 2.23. The molecule has 106 valence electrons. The summed E-state index contributed by atoms with van der Waals surface area (Å²) in [7, 11) is 0. The van der Waals surface area contributed by atoms with Crippen LogP contribution in [0.2, 0.25) is 0 Å². The van der Waals surface area contributed by atoms with Gasteiger partial charge in [0.15, 0.2) is 0 Å². The minimum absolute atomic E-state index is 0.0765. The molecule has 0 fully saturated rings. The summed E-state index contributed by atoms with van der Waals surface area (Å²) >= 11 is 3.54. The zero-order chi connectivity index (χ0) is 14.9. The van der Waals surface area contributed by atoms with Crippen molar-refractivity contribution in [3.8, 4) is 0 Å². The quantitative estimate of drug-likeness (QED) is 0.785. The highest BCUT2D eigenvalue weighted by atomic mass is 79.9. The summed E-state index contributed by atoms with van der Waals surface area (Å²) < 4.78 is 0.854. The fraction of sp³-hybridized carbons (Fsp3) is 0.353. The highest BCUT2D eigenvalue weighted by Crippen LogP contribution is 2.26. The molecule has 0 bridgehead atoms. The van der Waals surface area contributed by atoms with E-state index < -0.39 is 0 Å². The van der Waals surface area contributed by atoms with Gasteiger partial charge in [-0.2, -0.15) is 0 Å². The third-order valence-corrected chi connectivity index (χ3v) is 4.07. The van der Waals surface area contributed by atoms with E-state index in [1.807, 2.05) is 62.9 Å². The zero-order valence-electron chi connectivity index (χ0n) is 12.4. The molecule has 0 aliphatic heterocycles. The van der Waals surface area contributed by atoms with Crippen molar-refractivity contribution in [2.45, 2.75) is 39.8 Å². The number of fused-ring (bicyclic) bond motifs is 1. The molecule has 0 aliphatic carbocycles. The molecular formula is C17H20BrNO. The first kappa shape index (κ1) is 15.0. The monoisotopic (exact) mass is 333 g/mol. The van der Waals surface area contributed by atoms with Gasteiger partial charge in [0.2, 0.25) is 0 Å². The van der Waals surface area contributed by atoms with E-state index in [-0.39, 0.29) is 18.0 Å². The first-order chi connectivity index (χ1) is 9.41. The maximum absolute atomic E-state index is 12.8. The van der Waals surface area contributed by atoms with Crippen LogP contribution >= 0.6 is 15.9 Å². The van der Waals surface area contributed by atoms with Crippen molar-refractivity contribution < 1.29 is 4.79 Å². The van der Waals surface area contributed by atoms with Crippen molar-refractivity contribution in [2.24, 2.45) is 0 Å². The van der Waals surface area contributed by atoms with E-state index in [4.69, 9.17) is 0 Å². The fourth-order valence-electron chi connectivity index (χ4n) is 2.58. The number of rotatable bonds is 3. The zero-order valence-corrected chi connectivity index (χ0v) is 13.9. The Morgan fingerprint density at radius 2 is 1.50 bits per heavy atom. The van der Waals surface area contributed by atoms with Gasteiger partial charge in [-0.05, 0) is 66.5 Å². The molecule has 20 heavy (non-hydrogen) atoms. The third kappa shape index (κ3) is 2.88. The lowest BCUT2D eigenvalue weighted by Crippen LogP contribution is -2.42. The second-order valence-electron chi connectivity index (χ2n) is 5.58. The van der Waals surface area contributed by atoms with Crippen molar-refractivity contribution in [1.29, 1.82) is 0 Å². The third-order valence-electron chi connectivity index (χ3n) is 3.41. The van der Waals surface area contributed by atoms with E-state index in [0.29, 0.717) is 0 Å². The molecule has 0 saturated heterocycles. The summed E-state index contributed by atoms with van der Waals surface area (Å²) in [6, 6.07) is 12.4. The van der Waals surface area contributed by atoms with Gasteiger partial charge in [-0.25, -0.2) is 0 Å². The minimum Gasteiger partial charge on any atom is -0.334 e. The van der Waals surface area contributed by atoms with Gasteiger partial charge in [-0.1, -0.05) is 24.3 Å². The average molecular weight is 334 g/mol. The first-order valence-electron chi connectivity index (χ1n) is 6.92. The van der Waals surface area contributed by atoms with Crippen molar-refractivity contribution in [3.63, 3.8) is 0 Å². The number of carbonyl (C=O) groups excluding carboxylic acids is 1. The van der Waals surface area contributed by atoms with Crippen LogP contribution in [-0.4, -0.2) is 22.9 Å². The van der Waals surface area contributed by atoms with Crippen LogP contribution < -0.4 is 0 Å². The van der Waals surface area contributed by atoms with E-state index in [1.54, 1.807) is 0 Å². The molecule has 0 aliphatic rings. The molecule has 2 aromatic rings. The molecule has 0 aromatic heterocycles. The largest absolute Gasteiger partial charge is 0.334 e. The Labute approximate surface area is 128 Å². The Bertz CT molecular complexity index is 626. The number of hydrogen-bond donors (Lipinski definition) is 0. The van der Waals surface area contributed by atoms with Gasteiger partial charge in [0.25, 0.3) is 5.91 Å². The highest BCUT2D eigenvalue weighted by molar-refractivity contribution is 9.10. The van der Waals surface area contributed by atoms with Crippen LogP contribution in [-0.2, 0) is 0 Å². The molecular weight excluding hydrogens is 314 g/mol. The number of nitrogens with zero attached hydrogens (tertiary/aromatic N) is 1. The molecule has 2 rings (SSSR count). The number of halogens is 1. The van der Waals surface area contributed by atoms with Crippen LogP contribution in [0, 0.1) is 0 Å². The summed E-state index contributed by atoms with van der Waals surface area (Å²) in [4.78, 5) is 14.7. The average Bonchev–Trinajstić information content (AvgIpc) is 2.36. The topological polar surface area (TPSA) is 20.3 Å². The minimum atomic E-state index is 0.0765. The Morgan fingerprint density at radius 3 is 2.00 bits per heavy atom. The SMILES string of the molecule is CC(C)N(C(=O)c1cc2ccccc2cc1Br)C(C)C. The van der Waals surface area contributed by atoms with E-state index in [0.717, 1.165) is 20.8 Å². The molecule has 0 saturated carbocycles. The van der Waals surface area contributed by atoms with E-state index in [9.17, 15) is 4.79 Å². The number of hydrogen-bond acceptors (Lipinski definition) is 1. The predicted molar refractivity (Wildman–Crippen MR) is 88.1 cm³/mol. The van der Waals surface area contributed by atoms with Crippen LogP contribution in [0.4, 0.5) is 0 Å². The molecule has 0 atom stereocenters. The summed E-state index contributed by atoms with van der Waals surface area (Å²) in [5, 5.41) is 2.23. The summed E-state index contributed by atoms with van der Waals surface area (Å²) in [5.41, 5.74) is 0.728. The number of benzene rings is 2. The van der Waals surface area contributed by atoms with Crippen molar-refractivity contribution in [3.05, 3.63) is 46.4 Å². The standard InChI is InChI=1S/C17H20BrNO/c1-11(2)19(12(3)4)17(20)15-9-13-7-5-6-8-14(13)10-16(15)18/h5-12H,1-4H3. The predicted octanol–water partition coefficient (Wildman–Crippen LogP) is 4.86. The van der Waals surface area contributed by atoms with Gasteiger partial charge in [0.1, 0.15) is 0 Å². The van der Waals surface area contributed by atoms with Gasteiger partial charge < -0.3 is 4.90 Å². The molecule has 1 amide bonds. The molecule has 0 unspecified atom stereocenters. The Balaban J connectivity index is 2.51. The van der Waals surface area contributed by atoms with Crippen molar-refractivity contribution >= 4 is 32.6 Å². The lowest BCUT2D eigenvalue weighted by Gasteiger charge is -2.31. The first-order valence-corrected chi connectivity index (χ1v) is 7.72. The lowest BCUT2D eigenvalue weighted by molar-refractivity contribution is 0.0643. The van der Waals surface area contributed by atoms with Gasteiger partial charge in [-0.15, -0.1) is 0 Å². The van der Waals surface area contributed by atoms with Crippen LogP contribution in [0.15, 0.2) is 40.9 Å². The van der Waals surface area contributed by atoms with Gasteiger partial charge in [-0.3, -0.25) is 4.79 Å². The molecule has 2 nitrogen and oxygen atoms in total. The normalized spacial score (nSPS) is 11.3. The van der Waals surface area contributed by atoms with Crippen LogP contribution in [0.3, 0.4) is 0 Å². The van der Waals surface area contributed by atoms with E-state index in [1.165, 1.54) is 0 Å². The maximum Gasteiger partial charge on any atom is 0.255 e. The fourth-order valence-corrected chi connectivity index (χ4v) is 3.11. The molecule has 0 heterocycles. The van der Waals surface area contributed by atoms with Gasteiger partial charge in [0, 0.05) is 16.6 Å². The number of amides is 1. The molecule has 0 spiro atoms. The van der Waals surface area contributed by atoms with Crippen molar-refractivity contribution in [2.75, 3.05) is 0 Å². The Kier molecular flexibility index (Phi) is 4.48. The molecule has 3 heteroatoms. The molecule has 0 N–H and O–H groups in total. The lowest BCUT2D eigenvalue weighted by atomic mass is 10.0. The summed E-state index contributed by atoms with van der Waals surface area (Å²) in [5.74, 6) is 0.0765. The van der Waals surface area contributed by atoms with Crippen LogP contribution in [0.1, 0.15) is 38.1 Å². The maximum atomic E-state index is 12.8. The van der Waals surface area contributed by atoms with Crippen molar-refractivity contribution in [1.82, 2.24) is 4.90 Å². The number of carbonyl (C=O) groups is 1. The Morgan fingerprint density at radius 1 is 1.00 bits per heavy atom. The van der Waals surface area contributed by atoms with Gasteiger partial charge >= 0.3 is 0 Å². The summed E-state index contributed by atoms with van der Waals surface area (Å²) in [6.07, 6.45) is 0. The molecule has 0 radical (unpaired) electrons. The van der Waals surface area contributed by atoms with E-state index >= 15 is 0 Å². The van der Waals surface area contributed by atoms with Crippen LogP contribution in [0.25, 0.3) is 10.8 Å². The smallest absolute Gasteiger partial charge is 0.255 e. The second-order valence-corrected chi connectivity index (χ2v) is 6.43.